The lowest BCUT2D eigenvalue weighted by Gasteiger charge is -2.12. The molecule has 0 radical (unpaired) electrons. The normalized spacial score (nSPS) is 15.0. The minimum Gasteiger partial charge on any atom is -0.497 e. The summed E-state index contributed by atoms with van der Waals surface area (Å²) in [7, 11) is 1.63. The van der Waals surface area contributed by atoms with Gasteiger partial charge in [0.25, 0.3) is 11.1 Å². The third-order valence-corrected chi connectivity index (χ3v) is 6.04. The van der Waals surface area contributed by atoms with E-state index in [2.05, 4.69) is 10.3 Å². The molecule has 1 saturated heterocycles. The number of nitrogens with one attached hydrogen (secondary N) is 2. The van der Waals surface area contributed by atoms with Crippen LogP contribution >= 0.6 is 11.8 Å². The van der Waals surface area contributed by atoms with E-state index in [9.17, 15) is 14.4 Å². The van der Waals surface area contributed by atoms with Crippen molar-refractivity contribution in [2.24, 2.45) is 0 Å². The van der Waals surface area contributed by atoms with Crippen LogP contribution in [0.3, 0.4) is 0 Å². The second kappa shape index (κ2) is 9.74. The van der Waals surface area contributed by atoms with E-state index < -0.39 is 0 Å². The van der Waals surface area contributed by atoms with Crippen LogP contribution in [0.25, 0.3) is 17.0 Å². The van der Waals surface area contributed by atoms with Gasteiger partial charge < -0.3 is 15.0 Å². The number of hydrogen-bond donors (Lipinski definition) is 2. The first-order chi connectivity index (χ1) is 15.5. The van der Waals surface area contributed by atoms with E-state index in [1.165, 1.54) is 0 Å². The minimum absolute atomic E-state index is 0.0643. The second-order valence-electron chi connectivity index (χ2n) is 7.34. The molecule has 1 aliphatic rings. The number of ether oxygens (including phenoxy) is 1. The van der Waals surface area contributed by atoms with Crippen molar-refractivity contribution in [1.82, 2.24) is 15.2 Å². The number of carbonyl (C=O) groups is 3. The standard InChI is InChI=1S/C24H23N3O4S/c1-31-19-8-7-17-14-18(26-20(17)15-19)9-11-25-22(28)10-12-27-23(29)21(32-24(27)30)13-16-5-3-2-4-6-16/h2-8,13-15,26H,9-12H2,1H3,(H,25,28)/b21-13-. The molecule has 2 N–H and O–H groups in total. The molecule has 7 nitrogen and oxygen atoms in total. The summed E-state index contributed by atoms with van der Waals surface area (Å²) in [6.45, 7) is 0.521. The van der Waals surface area contributed by atoms with E-state index in [0.29, 0.717) is 17.9 Å². The molecule has 2 heterocycles. The monoisotopic (exact) mass is 449 g/mol. The number of aromatic nitrogens is 1. The van der Waals surface area contributed by atoms with Crippen LogP contribution < -0.4 is 10.1 Å². The molecule has 164 valence electrons. The molecule has 1 aromatic heterocycles. The summed E-state index contributed by atoms with van der Waals surface area (Å²) in [5.41, 5.74) is 2.84. The van der Waals surface area contributed by atoms with Crippen molar-refractivity contribution in [2.45, 2.75) is 12.8 Å². The van der Waals surface area contributed by atoms with Crippen molar-refractivity contribution < 1.29 is 19.1 Å². The van der Waals surface area contributed by atoms with Gasteiger partial charge in [0.15, 0.2) is 0 Å². The van der Waals surface area contributed by atoms with Crippen LogP contribution in [0.1, 0.15) is 17.7 Å². The summed E-state index contributed by atoms with van der Waals surface area (Å²) in [4.78, 5) is 41.8. The fourth-order valence-corrected chi connectivity index (χ4v) is 4.32. The second-order valence-corrected chi connectivity index (χ2v) is 8.33. The van der Waals surface area contributed by atoms with Gasteiger partial charge in [0.05, 0.1) is 12.0 Å². The van der Waals surface area contributed by atoms with Gasteiger partial charge in [-0.05, 0) is 47.0 Å². The summed E-state index contributed by atoms with van der Waals surface area (Å²) < 4.78 is 5.23. The van der Waals surface area contributed by atoms with Gasteiger partial charge in [-0.25, -0.2) is 0 Å². The quantitative estimate of drug-likeness (QED) is 0.508. The number of thioether (sulfide) groups is 1. The molecule has 4 rings (SSSR count). The van der Waals surface area contributed by atoms with Gasteiger partial charge in [-0.15, -0.1) is 0 Å². The van der Waals surface area contributed by atoms with Crippen molar-refractivity contribution in [1.29, 1.82) is 0 Å². The van der Waals surface area contributed by atoms with Crippen LogP contribution in [0.2, 0.25) is 0 Å². The lowest BCUT2D eigenvalue weighted by Crippen LogP contribution is -2.34. The number of methoxy groups -OCH3 is 1. The van der Waals surface area contributed by atoms with Gasteiger partial charge in [0, 0.05) is 43.2 Å². The largest absolute Gasteiger partial charge is 0.497 e. The summed E-state index contributed by atoms with van der Waals surface area (Å²) >= 11 is 0.902. The lowest BCUT2D eigenvalue weighted by molar-refractivity contribution is -0.124. The number of carbonyl (C=O) groups excluding carboxylic acids is 3. The highest BCUT2D eigenvalue weighted by Gasteiger charge is 2.34. The van der Waals surface area contributed by atoms with E-state index in [1.54, 1.807) is 13.2 Å². The molecule has 8 heteroatoms. The van der Waals surface area contributed by atoms with Crippen molar-refractivity contribution in [3.63, 3.8) is 0 Å². The molecule has 0 unspecified atom stereocenters. The van der Waals surface area contributed by atoms with Crippen molar-refractivity contribution >= 4 is 45.8 Å². The van der Waals surface area contributed by atoms with Crippen LogP contribution in [0.15, 0.2) is 59.5 Å². The molecular formula is C24H23N3O4S. The molecule has 0 saturated carbocycles. The zero-order valence-electron chi connectivity index (χ0n) is 17.6. The summed E-state index contributed by atoms with van der Waals surface area (Å²) in [5, 5.41) is 3.58. The number of benzene rings is 2. The first-order valence-electron chi connectivity index (χ1n) is 10.3. The van der Waals surface area contributed by atoms with Gasteiger partial charge in [-0.1, -0.05) is 30.3 Å². The number of aromatic amines is 1. The molecular weight excluding hydrogens is 426 g/mol. The van der Waals surface area contributed by atoms with E-state index in [-0.39, 0.29) is 30.0 Å². The average molecular weight is 450 g/mol. The first-order valence-corrected chi connectivity index (χ1v) is 11.1. The highest BCUT2D eigenvalue weighted by molar-refractivity contribution is 8.18. The summed E-state index contributed by atoms with van der Waals surface area (Å²) in [5.74, 6) is 0.226. The van der Waals surface area contributed by atoms with Crippen LogP contribution in [-0.4, -0.2) is 47.1 Å². The Labute approximate surface area is 189 Å². The summed E-state index contributed by atoms with van der Waals surface area (Å²) in [6.07, 6.45) is 2.41. The molecule has 3 amide bonds. The van der Waals surface area contributed by atoms with E-state index >= 15 is 0 Å². The summed E-state index contributed by atoms with van der Waals surface area (Å²) in [6, 6.07) is 17.2. The fraction of sp³-hybridized carbons (Fsp3) is 0.208. The highest BCUT2D eigenvalue weighted by atomic mass is 32.2. The van der Waals surface area contributed by atoms with Gasteiger partial charge in [-0.2, -0.15) is 0 Å². The van der Waals surface area contributed by atoms with Gasteiger partial charge >= 0.3 is 0 Å². The Morgan fingerprint density at radius 3 is 2.75 bits per heavy atom. The number of amides is 3. The molecule has 0 spiro atoms. The predicted octanol–water partition coefficient (Wildman–Crippen LogP) is 3.96. The fourth-order valence-electron chi connectivity index (χ4n) is 3.46. The molecule has 32 heavy (non-hydrogen) atoms. The topological polar surface area (TPSA) is 91.5 Å². The maximum atomic E-state index is 12.5. The van der Waals surface area contributed by atoms with Crippen LogP contribution in [-0.2, 0) is 16.0 Å². The Kier molecular flexibility index (Phi) is 6.61. The maximum absolute atomic E-state index is 12.5. The predicted molar refractivity (Wildman–Crippen MR) is 125 cm³/mol. The zero-order valence-corrected chi connectivity index (χ0v) is 18.4. The molecule has 0 atom stereocenters. The first kappa shape index (κ1) is 21.7. The number of nitrogens with zero attached hydrogens (tertiary/aromatic N) is 1. The number of fused-ring (bicyclic) bond motifs is 1. The van der Waals surface area contributed by atoms with Crippen molar-refractivity contribution in [3.05, 3.63) is 70.8 Å². The Bertz CT molecular complexity index is 1190. The van der Waals surface area contributed by atoms with Gasteiger partial charge in [0.1, 0.15) is 5.75 Å². The SMILES string of the molecule is COc1ccc2cc(CCNC(=O)CCN3C(=O)S/C(=C\c4ccccc4)C3=O)[nH]c2c1. The van der Waals surface area contributed by atoms with Crippen molar-refractivity contribution in [3.8, 4) is 5.75 Å². The molecule has 0 bridgehead atoms. The van der Waals surface area contributed by atoms with Crippen LogP contribution in [0.5, 0.6) is 5.75 Å². The Morgan fingerprint density at radius 2 is 1.97 bits per heavy atom. The number of rotatable bonds is 8. The third-order valence-electron chi connectivity index (χ3n) is 5.14. The average Bonchev–Trinajstić information content (AvgIpc) is 3.32. The molecule has 1 fully saturated rings. The Balaban J connectivity index is 1.25. The molecule has 0 aliphatic carbocycles. The third kappa shape index (κ3) is 5.03. The van der Waals surface area contributed by atoms with E-state index in [4.69, 9.17) is 4.74 Å². The van der Waals surface area contributed by atoms with E-state index in [1.807, 2.05) is 54.6 Å². The minimum atomic E-state index is -0.356. The van der Waals surface area contributed by atoms with Crippen molar-refractivity contribution in [2.75, 3.05) is 20.2 Å². The zero-order chi connectivity index (χ0) is 22.5. The van der Waals surface area contributed by atoms with Gasteiger partial charge in [-0.3, -0.25) is 19.3 Å². The van der Waals surface area contributed by atoms with Gasteiger partial charge in [0.2, 0.25) is 5.91 Å². The molecule has 2 aromatic carbocycles. The van der Waals surface area contributed by atoms with E-state index in [0.717, 1.165) is 44.6 Å². The molecule has 1 aliphatic heterocycles. The van der Waals surface area contributed by atoms with Crippen LogP contribution in [0, 0.1) is 0 Å². The number of hydrogen-bond acceptors (Lipinski definition) is 5. The number of imide groups is 1. The Hall–Kier alpha value is -3.52. The smallest absolute Gasteiger partial charge is 0.293 e. The van der Waals surface area contributed by atoms with Crippen LogP contribution in [0.4, 0.5) is 4.79 Å². The number of H-pyrrole nitrogens is 1. The molecule has 3 aromatic rings. The highest BCUT2D eigenvalue weighted by Crippen LogP contribution is 2.32. The lowest BCUT2D eigenvalue weighted by atomic mass is 10.2. The maximum Gasteiger partial charge on any atom is 0.293 e. The Morgan fingerprint density at radius 1 is 1.16 bits per heavy atom.